The molecule has 3 aromatic rings. The summed E-state index contributed by atoms with van der Waals surface area (Å²) in [6, 6.07) is 13.9. The number of carbonyl (C=O) groups excluding carboxylic acids is 1. The second kappa shape index (κ2) is 6.31. The molecule has 0 unspecified atom stereocenters. The zero-order chi connectivity index (χ0) is 19.1. The third-order valence-corrected chi connectivity index (χ3v) is 4.59. The molecule has 0 fully saturated rings. The average Bonchev–Trinajstić information content (AvgIpc) is 3.23. The van der Waals surface area contributed by atoms with Gasteiger partial charge in [-0.3, -0.25) is 4.79 Å². The Labute approximate surface area is 159 Å². The average molecular weight is 378 g/mol. The van der Waals surface area contributed by atoms with E-state index in [-0.39, 0.29) is 17.1 Å². The van der Waals surface area contributed by atoms with Gasteiger partial charge in [-0.25, -0.2) is 0 Å². The van der Waals surface area contributed by atoms with Crippen LogP contribution in [0.4, 0.5) is 5.69 Å². The Morgan fingerprint density at radius 1 is 1.22 bits per heavy atom. The zero-order valence-corrected chi connectivity index (χ0v) is 14.8. The molecule has 0 radical (unpaired) electrons. The number of aliphatic hydroxyl groups is 1. The van der Waals surface area contributed by atoms with E-state index in [0.717, 1.165) is 5.56 Å². The molecule has 2 aromatic carbocycles. The predicted octanol–water partition coefficient (Wildman–Crippen LogP) is 4.55. The summed E-state index contributed by atoms with van der Waals surface area (Å²) in [7, 11) is 0. The summed E-state index contributed by atoms with van der Waals surface area (Å²) in [5.74, 6) is -0.634. The summed E-state index contributed by atoms with van der Waals surface area (Å²) in [5.41, 5.74) is 3.69. The number of halogens is 1. The highest BCUT2D eigenvalue weighted by Crippen LogP contribution is 2.42. The Bertz CT molecular complexity index is 1150. The largest absolute Gasteiger partial charge is 0.504 e. The van der Waals surface area contributed by atoms with Crippen LogP contribution in [0.25, 0.3) is 22.5 Å². The van der Waals surface area contributed by atoms with Gasteiger partial charge >= 0.3 is 0 Å². The third kappa shape index (κ3) is 2.84. The quantitative estimate of drug-likeness (QED) is 0.504. The fraction of sp³-hybridized carbons (Fsp3) is 0.0500. The van der Waals surface area contributed by atoms with Gasteiger partial charge in [0.05, 0.1) is 33.6 Å². The third-order valence-electron chi connectivity index (χ3n) is 4.27. The van der Waals surface area contributed by atoms with Gasteiger partial charge in [-0.15, -0.1) is 0 Å². The molecule has 0 bridgehead atoms. The first-order valence-corrected chi connectivity index (χ1v) is 8.38. The van der Waals surface area contributed by atoms with E-state index in [1.165, 1.54) is 0 Å². The second-order valence-corrected chi connectivity index (χ2v) is 6.48. The van der Waals surface area contributed by atoms with Crippen molar-refractivity contribution < 1.29 is 14.4 Å². The maximum atomic E-state index is 12.4. The molecule has 1 aromatic heterocycles. The van der Waals surface area contributed by atoms with Crippen molar-refractivity contribution in [1.82, 2.24) is 5.16 Å². The number of fused-ring (bicyclic) bond motifs is 1. The molecular formula is C20H12ClN3O3. The first-order valence-electron chi connectivity index (χ1n) is 8.00. The van der Waals surface area contributed by atoms with Crippen LogP contribution in [0.2, 0.25) is 5.02 Å². The molecule has 0 atom stereocenters. The summed E-state index contributed by atoms with van der Waals surface area (Å²) in [6.07, 6.45) is 0. The number of benzene rings is 2. The smallest absolute Gasteiger partial charge is 0.260 e. The van der Waals surface area contributed by atoms with Gasteiger partial charge in [0.25, 0.3) is 5.91 Å². The van der Waals surface area contributed by atoms with Crippen molar-refractivity contribution in [1.29, 1.82) is 5.26 Å². The van der Waals surface area contributed by atoms with Crippen LogP contribution in [0.5, 0.6) is 0 Å². The summed E-state index contributed by atoms with van der Waals surface area (Å²) < 4.78 is 5.07. The summed E-state index contributed by atoms with van der Waals surface area (Å²) in [6.45, 7) is 1.72. The van der Waals surface area contributed by atoms with Gasteiger partial charge < -0.3 is 14.9 Å². The zero-order valence-electron chi connectivity index (χ0n) is 14.1. The van der Waals surface area contributed by atoms with E-state index < -0.39 is 5.91 Å². The van der Waals surface area contributed by atoms with Crippen molar-refractivity contribution in [2.75, 3.05) is 5.32 Å². The Morgan fingerprint density at radius 3 is 2.59 bits per heavy atom. The maximum Gasteiger partial charge on any atom is 0.260 e. The van der Waals surface area contributed by atoms with Gasteiger partial charge in [0, 0.05) is 17.2 Å². The van der Waals surface area contributed by atoms with Crippen LogP contribution in [0.3, 0.4) is 0 Å². The molecule has 132 valence electrons. The van der Waals surface area contributed by atoms with Gasteiger partial charge in [-0.2, -0.15) is 5.26 Å². The molecule has 0 aliphatic carbocycles. The van der Waals surface area contributed by atoms with Crippen molar-refractivity contribution in [2.24, 2.45) is 0 Å². The number of anilines is 1. The number of rotatable bonds is 2. The molecule has 4 rings (SSSR count). The molecule has 0 saturated heterocycles. The number of aromatic nitrogens is 1. The molecule has 1 aliphatic rings. The van der Waals surface area contributed by atoms with E-state index >= 15 is 0 Å². The molecule has 1 aliphatic heterocycles. The lowest BCUT2D eigenvalue weighted by atomic mass is 9.97. The lowest BCUT2D eigenvalue weighted by Crippen LogP contribution is -2.05. The van der Waals surface area contributed by atoms with E-state index in [2.05, 4.69) is 16.5 Å². The Morgan fingerprint density at radius 2 is 1.96 bits per heavy atom. The van der Waals surface area contributed by atoms with Crippen LogP contribution in [-0.4, -0.2) is 16.2 Å². The number of carbonyl (C=O) groups is 1. The highest BCUT2D eigenvalue weighted by molar-refractivity contribution is 6.38. The first kappa shape index (κ1) is 16.9. The van der Waals surface area contributed by atoms with Crippen molar-refractivity contribution in [3.63, 3.8) is 0 Å². The molecule has 0 spiro atoms. The van der Waals surface area contributed by atoms with Crippen molar-refractivity contribution in [3.8, 4) is 17.2 Å². The van der Waals surface area contributed by atoms with Crippen molar-refractivity contribution in [2.45, 2.75) is 6.92 Å². The summed E-state index contributed by atoms with van der Waals surface area (Å²) in [4.78, 5) is 12.4. The number of nitrogens with one attached hydrogen (secondary N) is 1. The molecular weight excluding hydrogens is 366 g/mol. The fourth-order valence-corrected chi connectivity index (χ4v) is 3.24. The van der Waals surface area contributed by atoms with Gasteiger partial charge in [-0.05, 0) is 36.8 Å². The van der Waals surface area contributed by atoms with Crippen LogP contribution in [0.15, 0.2) is 47.0 Å². The standard InChI is InChI=1S/C20H12ClN3O3/c1-10-6-17(27-24-10)19(25)18-14-7-13(12-4-2-11(9-22)3-5-12)15(21)8-16(14)23-20(18)26/h2-8,25H,1H3,(H,23,26). The van der Waals surface area contributed by atoms with Gasteiger partial charge in [0.1, 0.15) is 0 Å². The van der Waals surface area contributed by atoms with E-state index in [9.17, 15) is 9.90 Å². The molecule has 7 heteroatoms. The van der Waals surface area contributed by atoms with Gasteiger partial charge in [-0.1, -0.05) is 28.9 Å². The van der Waals surface area contributed by atoms with Gasteiger partial charge in [0.2, 0.25) is 5.76 Å². The molecule has 0 saturated carbocycles. The normalized spacial score (nSPS) is 14.5. The van der Waals surface area contributed by atoms with Crippen molar-refractivity contribution in [3.05, 3.63) is 70.1 Å². The monoisotopic (exact) mass is 377 g/mol. The lowest BCUT2D eigenvalue weighted by molar-refractivity contribution is -0.110. The van der Waals surface area contributed by atoms with Crippen LogP contribution in [-0.2, 0) is 4.79 Å². The number of nitriles is 1. The van der Waals surface area contributed by atoms with Gasteiger partial charge in [0.15, 0.2) is 5.76 Å². The molecule has 27 heavy (non-hydrogen) atoms. The highest BCUT2D eigenvalue weighted by atomic mass is 35.5. The van der Waals surface area contributed by atoms with E-state index in [0.29, 0.717) is 33.1 Å². The summed E-state index contributed by atoms with van der Waals surface area (Å²) >= 11 is 6.39. The maximum absolute atomic E-state index is 12.4. The summed E-state index contributed by atoms with van der Waals surface area (Å²) in [5, 5.41) is 26.4. The number of nitrogens with zero attached hydrogens (tertiary/aromatic N) is 2. The van der Waals surface area contributed by atoms with Crippen LogP contribution in [0.1, 0.15) is 22.6 Å². The number of amides is 1. The van der Waals surface area contributed by atoms with Crippen molar-refractivity contribution >= 4 is 34.5 Å². The van der Waals surface area contributed by atoms with Crippen LogP contribution < -0.4 is 5.32 Å². The predicted molar refractivity (Wildman–Crippen MR) is 101 cm³/mol. The molecule has 1 amide bonds. The molecule has 2 heterocycles. The van der Waals surface area contributed by atoms with Crippen LogP contribution in [0, 0.1) is 18.3 Å². The molecule has 6 nitrogen and oxygen atoms in total. The fourth-order valence-electron chi connectivity index (χ4n) is 2.97. The highest BCUT2D eigenvalue weighted by Gasteiger charge is 2.31. The minimum absolute atomic E-state index is 0.0905. The lowest BCUT2D eigenvalue weighted by Gasteiger charge is -2.08. The Hall–Kier alpha value is -3.56. The number of hydrogen-bond donors (Lipinski definition) is 2. The number of aliphatic hydroxyl groups excluding tert-OH is 1. The molecule has 2 N–H and O–H groups in total. The number of aryl methyl sites for hydroxylation is 1. The SMILES string of the molecule is Cc1cc(C(O)=C2C(=O)Nc3cc(Cl)c(-c4ccc(C#N)cc4)cc32)on1. The van der Waals surface area contributed by atoms with Crippen LogP contribution >= 0.6 is 11.6 Å². The Balaban J connectivity index is 1.88. The topological polar surface area (TPSA) is 99.2 Å². The second-order valence-electron chi connectivity index (χ2n) is 6.08. The van der Waals surface area contributed by atoms with E-state index in [1.54, 1.807) is 49.4 Å². The first-order chi connectivity index (χ1) is 13.0. The van der Waals surface area contributed by atoms with E-state index in [1.807, 2.05) is 0 Å². The Kier molecular flexibility index (Phi) is 3.94. The minimum Gasteiger partial charge on any atom is -0.504 e. The van der Waals surface area contributed by atoms with E-state index in [4.69, 9.17) is 21.4 Å². The minimum atomic E-state index is -0.454. The number of hydrogen-bond acceptors (Lipinski definition) is 5.